The first kappa shape index (κ1) is 20.7. The summed E-state index contributed by atoms with van der Waals surface area (Å²) in [5.74, 6) is -0.839. The lowest BCUT2D eigenvalue weighted by Gasteiger charge is -2.16. The van der Waals surface area contributed by atoms with Crippen molar-refractivity contribution in [1.29, 1.82) is 0 Å². The molecule has 0 aliphatic carbocycles. The van der Waals surface area contributed by atoms with Gasteiger partial charge in [0.1, 0.15) is 17.1 Å². The Morgan fingerprint density at radius 1 is 1.07 bits per heavy atom. The molecule has 1 N–H and O–H groups in total. The normalized spacial score (nSPS) is 11.3. The molecule has 2 aromatic rings. The monoisotopic (exact) mass is 388 g/mol. The van der Waals surface area contributed by atoms with Crippen LogP contribution in [0.5, 0.6) is 11.5 Å². The topological polar surface area (TPSA) is 117 Å². The third-order valence-electron chi connectivity index (χ3n) is 3.88. The van der Waals surface area contributed by atoms with Crippen LogP contribution in [0.2, 0.25) is 0 Å². The van der Waals surface area contributed by atoms with Gasteiger partial charge in [-0.05, 0) is 32.0 Å². The van der Waals surface area contributed by atoms with Crippen molar-refractivity contribution in [1.82, 2.24) is 0 Å². The number of anilines is 1. The summed E-state index contributed by atoms with van der Waals surface area (Å²) in [4.78, 5) is 35.2. The van der Waals surface area contributed by atoms with Crippen molar-refractivity contribution >= 4 is 23.3 Å². The summed E-state index contributed by atoms with van der Waals surface area (Å²) in [6.45, 7) is 3.19. The van der Waals surface area contributed by atoms with E-state index >= 15 is 0 Å². The highest BCUT2D eigenvalue weighted by atomic mass is 16.6. The maximum absolute atomic E-state index is 12.4. The van der Waals surface area contributed by atoms with Gasteiger partial charge in [-0.15, -0.1) is 0 Å². The third kappa shape index (κ3) is 4.76. The lowest BCUT2D eigenvalue weighted by molar-refractivity contribution is -0.384. The van der Waals surface area contributed by atoms with Gasteiger partial charge in [-0.1, -0.05) is 11.6 Å². The molecule has 9 nitrogen and oxygen atoms in total. The number of aryl methyl sites for hydroxylation is 1. The van der Waals surface area contributed by atoms with Gasteiger partial charge in [0.25, 0.3) is 11.6 Å². The second-order valence-electron chi connectivity index (χ2n) is 5.88. The number of carbonyl (C=O) groups excluding carboxylic acids is 2. The van der Waals surface area contributed by atoms with E-state index in [1.54, 1.807) is 25.1 Å². The molecule has 1 atom stereocenters. The van der Waals surface area contributed by atoms with E-state index in [0.717, 1.165) is 11.6 Å². The van der Waals surface area contributed by atoms with Crippen LogP contribution in [-0.4, -0.2) is 37.1 Å². The van der Waals surface area contributed by atoms with Gasteiger partial charge in [0.05, 0.1) is 24.8 Å². The molecule has 0 saturated heterocycles. The Bertz CT molecular complexity index is 911. The van der Waals surface area contributed by atoms with E-state index < -0.39 is 22.9 Å². The molecular weight excluding hydrogens is 368 g/mol. The van der Waals surface area contributed by atoms with E-state index in [9.17, 15) is 19.7 Å². The molecule has 2 rings (SSSR count). The Labute approximate surface area is 161 Å². The van der Waals surface area contributed by atoms with Crippen LogP contribution >= 0.6 is 0 Å². The number of nitrogens with one attached hydrogen (secondary N) is 1. The molecule has 1 amide bonds. The van der Waals surface area contributed by atoms with Gasteiger partial charge < -0.3 is 19.5 Å². The van der Waals surface area contributed by atoms with E-state index in [4.69, 9.17) is 14.2 Å². The van der Waals surface area contributed by atoms with E-state index in [0.29, 0.717) is 5.75 Å². The fraction of sp³-hybridized carbons (Fsp3) is 0.263. The predicted octanol–water partition coefficient (Wildman–Crippen LogP) is 3.10. The molecule has 0 aliphatic heterocycles. The minimum Gasteiger partial charge on any atom is -0.496 e. The summed E-state index contributed by atoms with van der Waals surface area (Å²) >= 11 is 0. The molecule has 28 heavy (non-hydrogen) atoms. The van der Waals surface area contributed by atoms with Crippen LogP contribution in [0.25, 0.3) is 0 Å². The van der Waals surface area contributed by atoms with E-state index in [1.165, 1.54) is 33.3 Å². The molecule has 9 heteroatoms. The van der Waals surface area contributed by atoms with Gasteiger partial charge in [0.2, 0.25) is 0 Å². The Hall–Kier alpha value is -3.62. The zero-order valence-electron chi connectivity index (χ0n) is 15.8. The van der Waals surface area contributed by atoms with Gasteiger partial charge in [-0.2, -0.15) is 0 Å². The van der Waals surface area contributed by atoms with Crippen molar-refractivity contribution in [3.05, 3.63) is 57.6 Å². The Morgan fingerprint density at radius 3 is 2.32 bits per heavy atom. The van der Waals surface area contributed by atoms with Crippen LogP contribution in [-0.2, 0) is 9.53 Å². The molecule has 0 bridgehead atoms. The van der Waals surface area contributed by atoms with E-state index in [2.05, 4.69) is 5.32 Å². The molecule has 0 aliphatic rings. The number of nitro benzene ring substituents is 1. The molecule has 0 radical (unpaired) electrons. The lowest BCUT2D eigenvalue weighted by Crippen LogP contribution is -2.30. The van der Waals surface area contributed by atoms with Gasteiger partial charge >= 0.3 is 5.97 Å². The van der Waals surface area contributed by atoms with E-state index in [-0.39, 0.29) is 22.7 Å². The van der Waals surface area contributed by atoms with Crippen molar-refractivity contribution in [2.45, 2.75) is 20.0 Å². The quantitative estimate of drug-likeness (QED) is 0.440. The second-order valence-corrected chi connectivity index (χ2v) is 5.88. The van der Waals surface area contributed by atoms with Crippen molar-refractivity contribution in [3.8, 4) is 11.5 Å². The third-order valence-corrected chi connectivity index (χ3v) is 3.88. The van der Waals surface area contributed by atoms with Crippen LogP contribution in [0.15, 0.2) is 36.4 Å². The SMILES string of the molecule is COc1ccc([N+](=O)[O-])cc1NC(=O)C(C)OC(=O)c1cc(C)ccc1OC. The first-order chi connectivity index (χ1) is 13.3. The Kier molecular flexibility index (Phi) is 6.54. The predicted molar refractivity (Wildman–Crippen MR) is 101 cm³/mol. The number of hydrogen-bond donors (Lipinski definition) is 1. The number of esters is 1. The van der Waals surface area contributed by atoms with Gasteiger partial charge in [-0.3, -0.25) is 14.9 Å². The van der Waals surface area contributed by atoms with Gasteiger partial charge in [0, 0.05) is 12.1 Å². The van der Waals surface area contributed by atoms with Crippen LogP contribution in [0.4, 0.5) is 11.4 Å². The second kappa shape index (κ2) is 8.85. The van der Waals surface area contributed by atoms with Crippen molar-refractivity contribution in [2.24, 2.45) is 0 Å². The number of hydrogen-bond acceptors (Lipinski definition) is 7. The summed E-state index contributed by atoms with van der Waals surface area (Å²) in [6, 6.07) is 8.78. The van der Waals surface area contributed by atoms with Crippen molar-refractivity contribution < 1.29 is 28.7 Å². The molecular formula is C19H20N2O7. The largest absolute Gasteiger partial charge is 0.496 e. The zero-order valence-corrected chi connectivity index (χ0v) is 15.8. The first-order valence-corrected chi connectivity index (χ1v) is 8.25. The number of ether oxygens (including phenoxy) is 3. The average Bonchev–Trinajstić information content (AvgIpc) is 2.67. The van der Waals surface area contributed by atoms with Gasteiger partial charge in [0.15, 0.2) is 6.10 Å². The smallest absolute Gasteiger partial charge is 0.342 e. The maximum Gasteiger partial charge on any atom is 0.342 e. The molecule has 2 aromatic carbocycles. The average molecular weight is 388 g/mol. The fourth-order valence-electron chi connectivity index (χ4n) is 2.40. The fourth-order valence-corrected chi connectivity index (χ4v) is 2.40. The summed E-state index contributed by atoms with van der Waals surface area (Å²) in [5.41, 5.74) is 0.893. The summed E-state index contributed by atoms with van der Waals surface area (Å²) in [7, 11) is 2.79. The minimum atomic E-state index is -1.17. The number of rotatable bonds is 7. The molecule has 0 saturated carbocycles. The summed E-state index contributed by atoms with van der Waals surface area (Å²) in [5, 5.41) is 13.4. The number of nitrogens with zero attached hydrogens (tertiary/aromatic N) is 1. The highest BCUT2D eigenvalue weighted by molar-refractivity contribution is 5.99. The first-order valence-electron chi connectivity index (χ1n) is 8.25. The number of non-ortho nitro benzene ring substituents is 1. The molecule has 0 heterocycles. The molecule has 0 aromatic heterocycles. The standard InChI is InChI=1S/C19H20N2O7/c1-11-5-7-16(26-3)14(9-11)19(23)28-12(2)18(22)20-15-10-13(21(24)25)6-8-17(15)27-4/h5-10,12H,1-4H3,(H,20,22). The van der Waals surface area contributed by atoms with Crippen LogP contribution in [0.1, 0.15) is 22.8 Å². The highest BCUT2D eigenvalue weighted by Crippen LogP contribution is 2.29. The van der Waals surface area contributed by atoms with Crippen LogP contribution in [0.3, 0.4) is 0 Å². The molecule has 148 valence electrons. The van der Waals surface area contributed by atoms with Gasteiger partial charge in [-0.25, -0.2) is 4.79 Å². The van der Waals surface area contributed by atoms with E-state index in [1.807, 2.05) is 0 Å². The Morgan fingerprint density at radius 2 is 1.71 bits per heavy atom. The molecule has 0 spiro atoms. The number of carbonyl (C=O) groups is 2. The highest BCUT2D eigenvalue weighted by Gasteiger charge is 2.23. The number of nitro groups is 1. The lowest BCUT2D eigenvalue weighted by atomic mass is 10.1. The van der Waals surface area contributed by atoms with Crippen molar-refractivity contribution in [2.75, 3.05) is 19.5 Å². The zero-order chi connectivity index (χ0) is 20.8. The molecule has 1 unspecified atom stereocenters. The maximum atomic E-state index is 12.4. The van der Waals surface area contributed by atoms with Crippen molar-refractivity contribution in [3.63, 3.8) is 0 Å². The number of methoxy groups -OCH3 is 2. The van der Waals surface area contributed by atoms with Crippen LogP contribution < -0.4 is 14.8 Å². The summed E-state index contributed by atoms with van der Waals surface area (Å²) in [6.07, 6.45) is -1.17. The Balaban J connectivity index is 2.15. The van der Waals surface area contributed by atoms with Crippen LogP contribution in [0, 0.1) is 17.0 Å². The number of benzene rings is 2. The summed E-state index contributed by atoms with van der Waals surface area (Å²) < 4.78 is 15.4. The number of amides is 1. The molecule has 0 fully saturated rings. The minimum absolute atomic E-state index is 0.0951.